The number of nitrogens with one attached hydrogen (secondary N) is 1. The normalized spacial score (nSPS) is 15.6. The molecule has 1 aromatic carbocycles. The largest absolute Gasteiger partial charge is 0.472 e. The van der Waals surface area contributed by atoms with Crippen LogP contribution in [0.1, 0.15) is 38.4 Å². The lowest BCUT2D eigenvalue weighted by atomic mass is 10.1. The SMILES string of the molecule is CCN(CC)CCNC(=O)CCCN1C(=O)[C@H](c2ccccc2)Oc2cccnc21. The van der Waals surface area contributed by atoms with E-state index in [1.54, 1.807) is 17.2 Å². The molecule has 0 radical (unpaired) electrons. The van der Waals surface area contributed by atoms with E-state index in [1.165, 1.54) is 0 Å². The number of ether oxygens (including phenoxy) is 1. The fraction of sp³-hybridized carbons (Fsp3) is 0.435. The zero-order valence-electron chi connectivity index (χ0n) is 17.7. The molecule has 30 heavy (non-hydrogen) atoms. The molecule has 0 fully saturated rings. The number of rotatable bonds is 10. The number of amides is 2. The molecule has 0 aliphatic carbocycles. The van der Waals surface area contributed by atoms with E-state index in [1.807, 2.05) is 36.4 Å². The van der Waals surface area contributed by atoms with Crippen LogP contribution in [0.4, 0.5) is 5.82 Å². The summed E-state index contributed by atoms with van der Waals surface area (Å²) < 4.78 is 5.95. The first-order valence-electron chi connectivity index (χ1n) is 10.6. The van der Waals surface area contributed by atoms with Crippen molar-refractivity contribution in [3.63, 3.8) is 0 Å². The van der Waals surface area contributed by atoms with E-state index in [0.717, 1.165) is 25.2 Å². The van der Waals surface area contributed by atoms with Gasteiger partial charge in [0.05, 0.1) is 0 Å². The van der Waals surface area contributed by atoms with Crippen molar-refractivity contribution >= 4 is 17.6 Å². The average molecular weight is 411 g/mol. The molecule has 160 valence electrons. The van der Waals surface area contributed by atoms with Crippen molar-refractivity contribution in [2.45, 2.75) is 32.8 Å². The molecule has 7 nitrogen and oxygen atoms in total. The Bertz CT molecular complexity index is 839. The minimum absolute atomic E-state index is 0.00344. The van der Waals surface area contributed by atoms with Gasteiger partial charge in [-0.2, -0.15) is 0 Å². The molecule has 0 saturated carbocycles. The van der Waals surface area contributed by atoms with Crippen LogP contribution < -0.4 is 15.0 Å². The molecule has 1 aromatic heterocycles. The third kappa shape index (κ3) is 5.36. The van der Waals surface area contributed by atoms with E-state index in [-0.39, 0.29) is 11.8 Å². The molecule has 0 saturated heterocycles. The third-order valence-electron chi connectivity index (χ3n) is 5.27. The van der Waals surface area contributed by atoms with Gasteiger partial charge in [-0.15, -0.1) is 0 Å². The summed E-state index contributed by atoms with van der Waals surface area (Å²) in [6.07, 6.45) is 1.86. The van der Waals surface area contributed by atoms with Crippen molar-refractivity contribution in [3.8, 4) is 5.75 Å². The van der Waals surface area contributed by atoms with E-state index >= 15 is 0 Å². The summed E-state index contributed by atoms with van der Waals surface area (Å²) in [7, 11) is 0. The van der Waals surface area contributed by atoms with Gasteiger partial charge < -0.3 is 15.0 Å². The predicted octanol–water partition coefficient (Wildman–Crippen LogP) is 2.79. The lowest BCUT2D eigenvalue weighted by Gasteiger charge is -2.33. The molecule has 0 spiro atoms. The maximum Gasteiger partial charge on any atom is 0.274 e. The van der Waals surface area contributed by atoms with Crippen molar-refractivity contribution in [1.29, 1.82) is 0 Å². The Morgan fingerprint density at radius 1 is 1.17 bits per heavy atom. The zero-order valence-corrected chi connectivity index (χ0v) is 17.7. The number of fused-ring (bicyclic) bond motifs is 1. The van der Waals surface area contributed by atoms with Crippen LogP contribution in [0.15, 0.2) is 48.7 Å². The smallest absolute Gasteiger partial charge is 0.274 e. The topological polar surface area (TPSA) is 74.8 Å². The zero-order chi connectivity index (χ0) is 21.3. The van der Waals surface area contributed by atoms with E-state index in [9.17, 15) is 9.59 Å². The second kappa shape index (κ2) is 10.7. The number of aromatic nitrogens is 1. The quantitative estimate of drug-likeness (QED) is 0.652. The van der Waals surface area contributed by atoms with Gasteiger partial charge in [-0.05, 0) is 31.6 Å². The Balaban J connectivity index is 1.59. The van der Waals surface area contributed by atoms with E-state index in [2.05, 4.69) is 29.0 Å². The summed E-state index contributed by atoms with van der Waals surface area (Å²) in [5.41, 5.74) is 0.802. The van der Waals surface area contributed by atoms with Crippen molar-refractivity contribution in [2.75, 3.05) is 37.6 Å². The maximum atomic E-state index is 13.1. The van der Waals surface area contributed by atoms with Crippen LogP contribution in [0.2, 0.25) is 0 Å². The molecular weight excluding hydrogens is 380 g/mol. The Hall–Kier alpha value is -2.93. The van der Waals surface area contributed by atoms with Gasteiger partial charge in [-0.1, -0.05) is 44.2 Å². The number of likely N-dealkylation sites (N-methyl/N-ethyl adjacent to an activating group) is 1. The number of nitrogens with zero attached hydrogens (tertiary/aromatic N) is 3. The standard InChI is InChI=1S/C23H30N4O3/c1-3-26(4-2)17-15-24-20(28)13-9-16-27-22-19(12-8-14-25-22)30-21(23(27)29)18-10-6-5-7-11-18/h5-8,10-12,14,21H,3-4,9,13,15-17H2,1-2H3,(H,24,28)/t21-/m0/s1. The first kappa shape index (κ1) is 21.8. The molecule has 1 N–H and O–H groups in total. The Morgan fingerprint density at radius 3 is 2.67 bits per heavy atom. The molecule has 2 amide bonds. The van der Waals surface area contributed by atoms with Gasteiger partial charge in [0.2, 0.25) is 12.0 Å². The summed E-state index contributed by atoms with van der Waals surface area (Å²) in [6, 6.07) is 13.0. The highest BCUT2D eigenvalue weighted by Gasteiger charge is 2.36. The van der Waals surface area contributed by atoms with Gasteiger partial charge in [0.15, 0.2) is 11.6 Å². The summed E-state index contributed by atoms with van der Waals surface area (Å²) in [6.45, 7) is 8.06. The summed E-state index contributed by atoms with van der Waals surface area (Å²) >= 11 is 0. The third-order valence-corrected chi connectivity index (χ3v) is 5.27. The van der Waals surface area contributed by atoms with E-state index < -0.39 is 6.10 Å². The number of pyridine rings is 1. The second-order valence-electron chi connectivity index (χ2n) is 7.20. The first-order valence-corrected chi connectivity index (χ1v) is 10.6. The van der Waals surface area contributed by atoms with E-state index in [4.69, 9.17) is 4.74 Å². The van der Waals surface area contributed by atoms with Crippen LogP contribution in [0.25, 0.3) is 0 Å². The second-order valence-corrected chi connectivity index (χ2v) is 7.20. The lowest BCUT2D eigenvalue weighted by molar-refractivity contribution is -0.127. The van der Waals surface area contributed by atoms with Crippen molar-refractivity contribution in [2.24, 2.45) is 0 Å². The molecule has 1 aliphatic heterocycles. The number of hydrogen-bond donors (Lipinski definition) is 1. The number of carbonyl (C=O) groups excluding carboxylic acids is 2. The fourth-order valence-electron chi connectivity index (χ4n) is 3.53. The fourth-order valence-corrected chi connectivity index (χ4v) is 3.53. The van der Waals surface area contributed by atoms with Gasteiger partial charge >= 0.3 is 0 Å². The Labute approximate surface area is 178 Å². The van der Waals surface area contributed by atoms with Gasteiger partial charge in [0.1, 0.15) is 0 Å². The van der Waals surface area contributed by atoms with Crippen LogP contribution in [0, 0.1) is 0 Å². The molecule has 7 heteroatoms. The minimum atomic E-state index is -0.703. The van der Waals surface area contributed by atoms with Crippen LogP contribution in [0.3, 0.4) is 0 Å². The predicted molar refractivity (Wildman–Crippen MR) is 116 cm³/mol. The molecule has 1 atom stereocenters. The van der Waals surface area contributed by atoms with Crippen LogP contribution in [-0.4, -0.2) is 54.4 Å². The van der Waals surface area contributed by atoms with Crippen LogP contribution in [0.5, 0.6) is 5.75 Å². The molecule has 1 aliphatic rings. The van der Waals surface area contributed by atoms with Gasteiger partial charge in [0, 0.05) is 37.8 Å². The number of benzene rings is 1. The van der Waals surface area contributed by atoms with Gasteiger partial charge in [0.25, 0.3) is 5.91 Å². The Kier molecular flexibility index (Phi) is 7.79. The van der Waals surface area contributed by atoms with Gasteiger partial charge in [-0.25, -0.2) is 4.98 Å². The van der Waals surface area contributed by atoms with Crippen LogP contribution >= 0.6 is 0 Å². The molecule has 0 bridgehead atoms. The Morgan fingerprint density at radius 2 is 1.93 bits per heavy atom. The highest BCUT2D eigenvalue weighted by molar-refractivity contribution is 5.99. The highest BCUT2D eigenvalue weighted by atomic mass is 16.5. The number of hydrogen-bond acceptors (Lipinski definition) is 5. The molecule has 0 unspecified atom stereocenters. The molecule has 3 rings (SSSR count). The highest BCUT2D eigenvalue weighted by Crippen LogP contribution is 2.37. The minimum Gasteiger partial charge on any atom is -0.472 e. The molecular formula is C23H30N4O3. The van der Waals surface area contributed by atoms with Crippen molar-refractivity contribution < 1.29 is 14.3 Å². The maximum absolute atomic E-state index is 13.1. The molecule has 2 heterocycles. The van der Waals surface area contributed by atoms with Crippen molar-refractivity contribution in [1.82, 2.24) is 15.2 Å². The summed E-state index contributed by atoms with van der Waals surface area (Å²) in [4.78, 5) is 33.6. The van der Waals surface area contributed by atoms with Crippen LogP contribution in [-0.2, 0) is 9.59 Å². The molecule has 2 aromatic rings. The monoisotopic (exact) mass is 410 g/mol. The first-order chi connectivity index (χ1) is 14.6. The number of anilines is 1. The summed E-state index contributed by atoms with van der Waals surface area (Å²) in [5.74, 6) is 0.935. The van der Waals surface area contributed by atoms with Gasteiger partial charge in [-0.3, -0.25) is 14.5 Å². The lowest BCUT2D eigenvalue weighted by Crippen LogP contribution is -2.42. The summed E-state index contributed by atoms with van der Waals surface area (Å²) in [5, 5.41) is 2.96. The van der Waals surface area contributed by atoms with E-state index in [0.29, 0.717) is 37.5 Å². The number of carbonyl (C=O) groups is 2. The van der Waals surface area contributed by atoms with Crippen molar-refractivity contribution in [3.05, 3.63) is 54.2 Å². The average Bonchev–Trinajstić information content (AvgIpc) is 2.78.